The number of hydrogen-bond acceptors (Lipinski definition) is 0. The second-order valence-corrected chi connectivity index (χ2v) is 4.89. The molecule has 0 aromatic carbocycles. The molecule has 0 aliphatic carbocycles. The van der Waals surface area contributed by atoms with Crippen LogP contribution in [0.15, 0.2) is 0 Å². The van der Waals surface area contributed by atoms with Crippen molar-refractivity contribution >= 4 is 0 Å². The topological polar surface area (TPSA) is 0 Å². The monoisotopic (exact) mass is 418 g/mol. The van der Waals surface area contributed by atoms with E-state index in [2.05, 4.69) is 0 Å². The predicted molar refractivity (Wildman–Crippen MR) is 75.8 cm³/mol. The molecule has 2 nitrogen and oxygen atoms in total. The van der Waals surface area contributed by atoms with Crippen molar-refractivity contribution in [2.45, 2.75) is 54.6 Å². The fraction of sp³-hybridized carbons (Fsp3) is 1.00. The van der Waals surface area contributed by atoms with Gasteiger partial charge in [-0.1, -0.05) is 0 Å². The molecular formula is C14H32BrClF4N2. The van der Waals surface area contributed by atoms with Gasteiger partial charge in [-0.05, 0) is 41.5 Å². The van der Waals surface area contributed by atoms with Gasteiger partial charge in [-0.2, -0.15) is 17.6 Å². The molecule has 0 N–H and O–H groups in total. The minimum absolute atomic E-state index is 0. The number of nitrogens with zero attached hydrogens (tertiary/aromatic N) is 2. The van der Waals surface area contributed by atoms with E-state index in [0.717, 1.165) is 0 Å². The fourth-order valence-electron chi connectivity index (χ4n) is 2.17. The van der Waals surface area contributed by atoms with Crippen molar-refractivity contribution in [2.75, 3.05) is 39.3 Å². The molecule has 0 aromatic rings. The van der Waals surface area contributed by atoms with Gasteiger partial charge in [0, 0.05) is 0 Å². The van der Waals surface area contributed by atoms with Gasteiger partial charge in [0.25, 0.3) is 0 Å². The first-order valence-electron chi connectivity index (χ1n) is 7.53. The third kappa shape index (κ3) is 8.31. The Balaban J connectivity index is -0.000000135. The molecule has 0 heterocycles. The zero-order valence-electron chi connectivity index (χ0n) is 14.6. The highest BCUT2D eigenvalue weighted by Gasteiger charge is 2.32. The zero-order chi connectivity index (χ0) is 16.4. The summed E-state index contributed by atoms with van der Waals surface area (Å²) in [6.45, 7) is 9.50. The van der Waals surface area contributed by atoms with Crippen LogP contribution in [-0.4, -0.2) is 61.3 Å². The van der Waals surface area contributed by atoms with Gasteiger partial charge in [0.1, 0.15) is 0 Å². The Labute approximate surface area is 150 Å². The van der Waals surface area contributed by atoms with Crippen LogP contribution >= 0.6 is 0 Å². The van der Waals surface area contributed by atoms with E-state index in [9.17, 15) is 17.6 Å². The zero-order valence-corrected chi connectivity index (χ0v) is 16.9. The Kier molecular flexibility index (Phi) is 20.6. The fourth-order valence-corrected chi connectivity index (χ4v) is 2.17. The summed E-state index contributed by atoms with van der Waals surface area (Å²) < 4.78 is 49.2. The molecule has 0 saturated heterocycles. The molecule has 0 saturated carbocycles. The summed E-state index contributed by atoms with van der Waals surface area (Å²) in [5, 5.41) is 0. The molecule has 8 heteroatoms. The summed E-state index contributed by atoms with van der Waals surface area (Å²) in [6, 6.07) is 0. The number of hydrogen-bond donors (Lipinski definition) is 0. The minimum atomic E-state index is -2.22. The molecule has 0 bridgehead atoms. The molecule has 0 rings (SSSR count). The van der Waals surface area contributed by atoms with Gasteiger partial charge in [-0.15, -0.1) is 0 Å². The number of quaternary nitrogens is 2. The smallest absolute Gasteiger partial charge is 0.380 e. The number of alkyl halides is 4. The van der Waals surface area contributed by atoms with Crippen LogP contribution < -0.4 is 29.4 Å². The van der Waals surface area contributed by atoms with Gasteiger partial charge in [0.05, 0.1) is 39.3 Å². The van der Waals surface area contributed by atoms with Gasteiger partial charge in [-0.3, -0.25) is 8.97 Å². The average Bonchev–Trinajstić information content (AvgIpc) is 2.44. The molecule has 0 fully saturated rings. The number of rotatable bonds is 8. The molecule has 0 aliphatic heterocycles. The molecule has 0 amide bonds. The van der Waals surface area contributed by atoms with Crippen molar-refractivity contribution in [2.24, 2.45) is 0 Å². The third-order valence-corrected chi connectivity index (χ3v) is 4.61. The summed E-state index contributed by atoms with van der Waals surface area (Å²) >= 11 is 0. The van der Waals surface area contributed by atoms with E-state index >= 15 is 0 Å². The number of halogens is 6. The van der Waals surface area contributed by atoms with E-state index in [1.54, 1.807) is 41.5 Å². The molecule has 0 unspecified atom stereocenters. The van der Waals surface area contributed by atoms with E-state index in [0.29, 0.717) is 39.3 Å². The lowest BCUT2D eigenvalue weighted by molar-refractivity contribution is -0.975. The summed E-state index contributed by atoms with van der Waals surface area (Å²) in [5.74, 6) is 0. The molecule has 0 aromatic heterocycles. The van der Waals surface area contributed by atoms with Crippen molar-refractivity contribution in [1.82, 2.24) is 0 Å². The van der Waals surface area contributed by atoms with Crippen molar-refractivity contribution in [3.63, 3.8) is 0 Å². The van der Waals surface area contributed by atoms with E-state index in [1.807, 2.05) is 0 Å². The predicted octanol–water partition coefficient (Wildman–Crippen LogP) is -1.82. The Morgan fingerprint density at radius 2 is 0.682 bits per heavy atom. The Morgan fingerprint density at radius 3 is 0.682 bits per heavy atom. The maximum atomic E-state index is 12.3. The first kappa shape index (κ1) is 30.3. The normalized spacial score (nSPS) is 11.5. The maximum Gasteiger partial charge on any atom is 0.380 e. The second-order valence-electron chi connectivity index (χ2n) is 4.89. The van der Waals surface area contributed by atoms with Gasteiger partial charge >= 0.3 is 13.1 Å². The van der Waals surface area contributed by atoms with E-state index < -0.39 is 13.1 Å². The lowest BCUT2D eigenvalue weighted by Crippen LogP contribution is -3.00. The standard InChI is InChI=1S/2C7H16F2N.BrH.ClH/c2*1-4-10(5-2,6-3)7(8)9;;/h2*7H,4-6H2,1-3H3;2*1H/q2*+1;;/p-2. The summed E-state index contributed by atoms with van der Waals surface area (Å²) in [5.41, 5.74) is 0. The Hall–Kier alpha value is 0.410. The summed E-state index contributed by atoms with van der Waals surface area (Å²) in [6.07, 6.45) is 0. The summed E-state index contributed by atoms with van der Waals surface area (Å²) in [4.78, 5) is 0. The molecule has 0 radical (unpaired) electrons. The highest BCUT2D eigenvalue weighted by Crippen LogP contribution is 2.15. The van der Waals surface area contributed by atoms with Crippen molar-refractivity contribution in [3.8, 4) is 0 Å². The van der Waals surface area contributed by atoms with Crippen LogP contribution in [0.3, 0.4) is 0 Å². The van der Waals surface area contributed by atoms with Gasteiger partial charge in [0.15, 0.2) is 0 Å². The van der Waals surface area contributed by atoms with Gasteiger partial charge < -0.3 is 29.4 Å². The molecule has 0 atom stereocenters. The lowest BCUT2D eigenvalue weighted by Gasteiger charge is -2.33. The average molecular weight is 420 g/mol. The largest absolute Gasteiger partial charge is 1.00 e. The molecule has 140 valence electrons. The first-order valence-corrected chi connectivity index (χ1v) is 7.53. The van der Waals surface area contributed by atoms with Crippen LogP contribution in [0.1, 0.15) is 41.5 Å². The minimum Gasteiger partial charge on any atom is -1.00 e. The van der Waals surface area contributed by atoms with Crippen LogP contribution in [0.5, 0.6) is 0 Å². The summed E-state index contributed by atoms with van der Waals surface area (Å²) in [7, 11) is 0. The van der Waals surface area contributed by atoms with Gasteiger partial charge in [-0.25, -0.2) is 0 Å². The van der Waals surface area contributed by atoms with Gasteiger partial charge in [0.2, 0.25) is 0 Å². The SMILES string of the molecule is CC[N+](CC)(CC)C(F)F.CC[N+](CC)(CC)C(F)F.[Br-].[Cl-]. The van der Waals surface area contributed by atoms with Crippen molar-refractivity contribution in [1.29, 1.82) is 0 Å². The molecule has 0 aliphatic rings. The van der Waals surface area contributed by atoms with Crippen LogP contribution in [0.2, 0.25) is 0 Å². The second kappa shape index (κ2) is 15.0. The van der Waals surface area contributed by atoms with Crippen LogP contribution in [0.4, 0.5) is 17.6 Å². The van der Waals surface area contributed by atoms with Crippen LogP contribution in [-0.2, 0) is 0 Å². The highest BCUT2D eigenvalue weighted by molar-refractivity contribution is 4.32. The van der Waals surface area contributed by atoms with Crippen molar-refractivity contribution < 1.29 is 55.9 Å². The maximum absolute atomic E-state index is 12.3. The highest BCUT2D eigenvalue weighted by atomic mass is 79.9. The van der Waals surface area contributed by atoms with E-state index in [-0.39, 0.29) is 38.4 Å². The lowest BCUT2D eigenvalue weighted by atomic mass is 10.4. The van der Waals surface area contributed by atoms with Crippen LogP contribution in [0, 0.1) is 0 Å². The Bertz CT molecular complexity index is 198. The molecule has 22 heavy (non-hydrogen) atoms. The molecule has 0 spiro atoms. The van der Waals surface area contributed by atoms with Crippen LogP contribution in [0.25, 0.3) is 0 Å². The molecular weight excluding hydrogens is 388 g/mol. The third-order valence-electron chi connectivity index (χ3n) is 4.61. The van der Waals surface area contributed by atoms with Crippen molar-refractivity contribution in [3.05, 3.63) is 0 Å². The van der Waals surface area contributed by atoms with E-state index in [1.165, 1.54) is 0 Å². The quantitative estimate of drug-likeness (QED) is 0.247. The van der Waals surface area contributed by atoms with E-state index in [4.69, 9.17) is 0 Å². The first-order chi connectivity index (χ1) is 9.25. The Morgan fingerprint density at radius 1 is 0.545 bits per heavy atom.